The molecule has 1 saturated heterocycles. The number of hydrogen-bond acceptors (Lipinski definition) is 3. The van der Waals surface area contributed by atoms with Gasteiger partial charge in [0, 0.05) is 0 Å². The van der Waals surface area contributed by atoms with Crippen LogP contribution >= 0.6 is 0 Å². The van der Waals surface area contributed by atoms with E-state index in [1.165, 1.54) is 0 Å². The Kier molecular flexibility index (Phi) is 4.14. The van der Waals surface area contributed by atoms with Gasteiger partial charge in [-0.05, 0) is 19.3 Å². The molecule has 1 aliphatic heterocycles. The highest BCUT2D eigenvalue weighted by Crippen LogP contribution is 2.26. The Morgan fingerprint density at radius 2 is 2.36 bits per heavy atom. The van der Waals surface area contributed by atoms with Gasteiger partial charge in [-0.15, -0.1) is 0 Å². The molecular formula is C11H18O3. The van der Waals surface area contributed by atoms with Gasteiger partial charge in [-0.3, -0.25) is 4.79 Å². The van der Waals surface area contributed by atoms with Crippen LogP contribution in [0.3, 0.4) is 0 Å². The molecule has 0 amide bonds. The van der Waals surface area contributed by atoms with Crippen molar-refractivity contribution in [1.82, 2.24) is 0 Å². The second-order valence-electron chi connectivity index (χ2n) is 3.88. The first-order chi connectivity index (χ1) is 6.65. The summed E-state index contributed by atoms with van der Waals surface area (Å²) in [5, 5.41) is 0. The molecule has 0 saturated carbocycles. The minimum absolute atomic E-state index is 0.0151. The highest BCUT2D eigenvalue weighted by molar-refractivity contribution is 5.73. The van der Waals surface area contributed by atoms with Crippen LogP contribution in [0.2, 0.25) is 0 Å². The summed E-state index contributed by atoms with van der Waals surface area (Å²) in [6.07, 6.45) is 2.51. The third-order valence-corrected chi connectivity index (χ3v) is 2.56. The molecule has 0 N–H and O–H groups in total. The Hall–Kier alpha value is -0.830. The van der Waals surface area contributed by atoms with Crippen LogP contribution in [-0.2, 0) is 14.3 Å². The van der Waals surface area contributed by atoms with E-state index in [0.29, 0.717) is 13.2 Å². The van der Waals surface area contributed by atoms with Gasteiger partial charge in [0.1, 0.15) is 6.61 Å². The summed E-state index contributed by atoms with van der Waals surface area (Å²) in [6.45, 7) is 8.47. The van der Waals surface area contributed by atoms with Crippen molar-refractivity contribution in [3.05, 3.63) is 12.7 Å². The second kappa shape index (κ2) is 5.15. The van der Waals surface area contributed by atoms with E-state index >= 15 is 0 Å². The molecule has 0 bridgehead atoms. The molecule has 3 atom stereocenters. The van der Waals surface area contributed by atoms with E-state index in [2.05, 4.69) is 6.58 Å². The van der Waals surface area contributed by atoms with Crippen LogP contribution in [0.5, 0.6) is 0 Å². The lowest BCUT2D eigenvalue weighted by molar-refractivity contribution is -0.156. The number of rotatable bonds is 3. The van der Waals surface area contributed by atoms with E-state index < -0.39 is 0 Å². The van der Waals surface area contributed by atoms with Crippen LogP contribution in [0, 0.1) is 11.8 Å². The van der Waals surface area contributed by atoms with Gasteiger partial charge in [0.25, 0.3) is 0 Å². The summed E-state index contributed by atoms with van der Waals surface area (Å²) in [7, 11) is 0. The van der Waals surface area contributed by atoms with Crippen LogP contribution in [0.1, 0.15) is 20.3 Å². The van der Waals surface area contributed by atoms with Crippen LogP contribution in [0.15, 0.2) is 12.7 Å². The van der Waals surface area contributed by atoms with Gasteiger partial charge in [0.15, 0.2) is 0 Å². The van der Waals surface area contributed by atoms with Crippen molar-refractivity contribution < 1.29 is 14.3 Å². The van der Waals surface area contributed by atoms with Crippen molar-refractivity contribution in [2.45, 2.75) is 26.4 Å². The van der Waals surface area contributed by atoms with Gasteiger partial charge in [-0.2, -0.15) is 0 Å². The second-order valence-corrected chi connectivity index (χ2v) is 3.88. The minimum atomic E-state index is -0.118. The molecule has 0 radical (unpaired) electrons. The third-order valence-electron chi connectivity index (χ3n) is 2.56. The summed E-state index contributed by atoms with van der Waals surface area (Å²) >= 11 is 0. The van der Waals surface area contributed by atoms with Crippen molar-refractivity contribution in [1.29, 1.82) is 0 Å². The lowest BCUT2D eigenvalue weighted by Crippen LogP contribution is -2.36. The van der Waals surface area contributed by atoms with E-state index in [4.69, 9.17) is 9.47 Å². The van der Waals surface area contributed by atoms with E-state index in [-0.39, 0.29) is 23.9 Å². The minimum Gasteiger partial charge on any atom is -0.461 e. The lowest BCUT2D eigenvalue weighted by atomic mass is 9.87. The van der Waals surface area contributed by atoms with Crippen molar-refractivity contribution in [2.75, 3.05) is 13.2 Å². The lowest BCUT2D eigenvalue weighted by Gasteiger charge is -2.31. The third kappa shape index (κ3) is 2.84. The molecule has 3 heteroatoms. The molecule has 3 unspecified atom stereocenters. The Bertz CT molecular complexity index is 213. The zero-order valence-electron chi connectivity index (χ0n) is 8.86. The Morgan fingerprint density at radius 3 is 3.00 bits per heavy atom. The highest BCUT2D eigenvalue weighted by atomic mass is 16.5. The van der Waals surface area contributed by atoms with E-state index in [9.17, 15) is 4.79 Å². The van der Waals surface area contributed by atoms with Crippen LogP contribution in [-0.4, -0.2) is 25.3 Å². The number of carbonyl (C=O) groups is 1. The summed E-state index contributed by atoms with van der Waals surface area (Å²) < 4.78 is 10.5. The standard InChI is InChI=1S/C11H18O3/c1-4-5-13-11(12)10-6-9(3)14-7-8(10)2/h4,8-10H,1,5-7H2,2-3H3. The van der Waals surface area contributed by atoms with Crippen molar-refractivity contribution in [3.63, 3.8) is 0 Å². The molecule has 1 rings (SSSR count). The number of ether oxygens (including phenoxy) is 2. The van der Waals surface area contributed by atoms with E-state index in [0.717, 1.165) is 6.42 Å². The Balaban J connectivity index is 2.46. The molecule has 1 heterocycles. The average Bonchev–Trinajstić information content (AvgIpc) is 2.18. The first-order valence-electron chi connectivity index (χ1n) is 5.04. The highest BCUT2D eigenvalue weighted by Gasteiger charge is 2.32. The maximum atomic E-state index is 11.6. The fourth-order valence-electron chi connectivity index (χ4n) is 1.67. The van der Waals surface area contributed by atoms with Gasteiger partial charge in [-0.1, -0.05) is 19.6 Å². The number of esters is 1. The molecule has 1 fully saturated rings. The molecule has 0 aromatic carbocycles. The van der Waals surface area contributed by atoms with Gasteiger partial charge in [0.2, 0.25) is 0 Å². The van der Waals surface area contributed by atoms with Crippen molar-refractivity contribution >= 4 is 5.97 Å². The number of carbonyl (C=O) groups excluding carboxylic acids is 1. The normalized spacial score (nSPS) is 32.3. The van der Waals surface area contributed by atoms with Gasteiger partial charge in [-0.25, -0.2) is 0 Å². The molecular weight excluding hydrogens is 180 g/mol. The van der Waals surface area contributed by atoms with Gasteiger partial charge in [0.05, 0.1) is 18.6 Å². The van der Waals surface area contributed by atoms with E-state index in [1.807, 2.05) is 13.8 Å². The molecule has 1 aliphatic rings. The smallest absolute Gasteiger partial charge is 0.309 e. The molecule has 0 aromatic rings. The summed E-state index contributed by atoms with van der Waals surface area (Å²) in [5.41, 5.74) is 0. The summed E-state index contributed by atoms with van der Waals surface area (Å²) in [4.78, 5) is 11.6. The number of hydrogen-bond donors (Lipinski definition) is 0. The summed E-state index contributed by atoms with van der Waals surface area (Å²) in [5.74, 6) is 0.120. The zero-order chi connectivity index (χ0) is 10.6. The topological polar surface area (TPSA) is 35.5 Å². The zero-order valence-corrected chi connectivity index (χ0v) is 8.86. The summed E-state index contributed by atoms with van der Waals surface area (Å²) in [6, 6.07) is 0. The van der Waals surface area contributed by atoms with Crippen LogP contribution in [0.25, 0.3) is 0 Å². The van der Waals surface area contributed by atoms with Gasteiger partial charge >= 0.3 is 5.97 Å². The largest absolute Gasteiger partial charge is 0.461 e. The van der Waals surface area contributed by atoms with Crippen LogP contribution < -0.4 is 0 Å². The maximum Gasteiger partial charge on any atom is 0.309 e. The van der Waals surface area contributed by atoms with Crippen molar-refractivity contribution in [2.24, 2.45) is 11.8 Å². The first-order valence-corrected chi connectivity index (χ1v) is 5.04. The fraction of sp³-hybridized carbons (Fsp3) is 0.727. The molecule has 80 valence electrons. The Labute approximate surface area is 85.1 Å². The predicted octanol–water partition coefficient (Wildman–Crippen LogP) is 1.78. The first kappa shape index (κ1) is 11.2. The molecule has 0 aromatic heterocycles. The molecule has 14 heavy (non-hydrogen) atoms. The predicted molar refractivity (Wildman–Crippen MR) is 53.8 cm³/mol. The van der Waals surface area contributed by atoms with Gasteiger partial charge < -0.3 is 9.47 Å². The quantitative estimate of drug-likeness (QED) is 0.512. The molecule has 3 nitrogen and oxygen atoms in total. The van der Waals surface area contributed by atoms with E-state index in [1.54, 1.807) is 6.08 Å². The average molecular weight is 198 g/mol. The monoisotopic (exact) mass is 198 g/mol. The molecule has 0 spiro atoms. The Morgan fingerprint density at radius 1 is 1.64 bits per heavy atom. The molecule has 0 aliphatic carbocycles. The SMILES string of the molecule is C=CCOC(=O)C1CC(C)OCC1C. The fourth-order valence-corrected chi connectivity index (χ4v) is 1.67. The van der Waals surface area contributed by atoms with Crippen molar-refractivity contribution in [3.8, 4) is 0 Å². The van der Waals surface area contributed by atoms with Crippen LogP contribution in [0.4, 0.5) is 0 Å². The maximum absolute atomic E-state index is 11.6.